The first kappa shape index (κ1) is 20.2. The summed E-state index contributed by atoms with van der Waals surface area (Å²) in [6, 6.07) is 0. The Labute approximate surface area is 165 Å². The molecule has 2 fully saturated rings. The van der Waals surface area contributed by atoms with Crippen LogP contribution < -0.4 is 0 Å². The maximum Gasteiger partial charge on any atom is 0.312 e. The maximum absolute atomic E-state index is 12.3. The summed E-state index contributed by atoms with van der Waals surface area (Å²) in [5.74, 6) is 0.0561. The van der Waals surface area contributed by atoms with Crippen LogP contribution in [0.2, 0.25) is 0 Å². The zero-order valence-corrected chi connectivity index (χ0v) is 17.2. The van der Waals surface area contributed by atoms with Crippen molar-refractivity contribution in [1.29, 1.82) is 0 Å². The lowest BCUT2D eigenvalue weighted by molar-refractivity contribution is -0.146. The zero-order valence-electron chi connectivity index (χ0n) is 16.4. The summed E-state index contributed by atoms with van der Waals surface area (Å²) in [7, 11) is 0. The van der Waals surface area contributed by atoms with Crippen molar-refractivity contribution in [1.82, 2.24) is 19.7 Å². The van der Waals surface area contributed by atoms with Gasteiger partial charge in [0.25, 0.3) is 0 Å². The van der Waals surface area contributed by atoms with Gasteiger partial charge in [0, 0.05) is 51.2 Å². The predicted octanol–water partition coefficient (Wildman–Crippen LogP) is 1.38. The minimum atomic E-state index is -0.220. The third kappa shape index (κ3) is 6.26. The van der Waals surface area contributed by atoms with Gasteiger partial charge in [0.05, 0.1) is 24.8 Å². The fourth-order valence-corrected chi connectivity index (χ4v) is 4.29. The molecule has 3 heterocycles. The lowest BCUT2D eigenvalue weighted by Crippen LogP contribution is -2.49. The van der Waals surface area contributed by atoms with Gasteiger partial charge in [-0.25, -0.2) is 4.98 Å². The first-order valence-corrected chi connectivity index (χ1v) is 10.7. The molecule has 2 aliphatic heterocycles. The van der Waals surface area contributed by atoms with Crippen molar-refractivity contribution in [2.75, 3.05) is 45.8 Å². The standard InChI is InChI=1S/C19H30N4O3S/c1-15(2)26-19(25)11-17-20-16(14-27-17)12-21-7-9-22(10-8-21)13-18(24)23-5-3-4-6-23/h14-15H,3-13H2,1-2H3. The second-order valence-electron chi connectivity index (χ2n) is 7.59. The van der Waals surface area contributed by atoms with Gasteiger partial charge in [0.1, 0.15) is 5.01 Å². The molecule has 0 saturated carbocycles. The number of carbonyl (C=O) groups excluding carboxylic acids is 2. The Morgan fingerprint density at radius 2 is 1.78 bits per heavy atom. The molecule has 0 atom stereocenters. The largest absolute Gasteiger partial charge is 0.463 e. The Morgan fingerprint density at radius 3 is 2.44 bits per heavy atom. The van der Waals surface area contributed by atoms with Crippen molar-refractivity contribution >= 4 is 23.2 Å². The monoisotopic (exact) mass is 394 g/mol. The molecule has 1 amide bonds. The third-order valence-electron chi connectivity index (χ3n) is 4.93. The number of hydrogen-bond donors (Lipinski definition) is 0. The highest BCUT2D eigenvalue weighted by Gasteiger charge is 2.23. The van der Waals surface area contributed by atoms with Gasteiger partial charge < -0.3 is 9.64 Å². The van der Waals surface area contributed by atoms with E-state index in [4.69, 9.17) is 4.74 Å². The molecule has 27 heavy (non-hydrogen) atoms. The van der Waals surface area contributed by atoms with Crippen LogP contribution in [0.25, 0.3) is 0 Å². The molecular weight excluding hydrogens is 364 g/mol. The van der Waals surface area contributed by atoms with E-state index < -0.39 is 0 Å². The van der Waals surface area contributed by atoms with Crippen molar-refractivity contribution in [3.63, 3.8) is 0 Å². The molecule has 2 aliphatic rings. The molecule has 0 aromatic carbocycles. The zero-order chi connectivity index (χ0) is 19.2. The molecule has 0 aliphatic carbocycles. The summed E-state index contributed by atoms with van der Waals surface area (Å²) in [6.45, 7) is 10.6. The molecule has 0 spiro atoms. The number of nitrogens with zero attached hydrogens (tertiary/aromatic N) is 4. The minimum absolute atomic E-state index is 0.0921. The second kappa shape index (κ2) is 9.61. The number of likely N-dealkylation sites (tertiary alicyclic amines) is 1. The molecule has 3 rings (SSSR count). The van der Waals surface area contributed by atoms with Crippen LogP contribution in [-0.2, 0) is 27.3 Å². The van der Waals surface area contributed by atoms with Crippen LogP contribution in [0.1, 0.15) is 37.4 Å². The van der Waals surface area contributed by atoms with Gasteiger partial charge >= 0.3 is 5.97 Å². The summed E-state index contributed by atoms with van der Waals surface area (Å²) >= 11 is 1.52. The van der Waals surface area contributed by atoms with Crippen LogP contribution in [0.3, 0.4) is 0 Å². The SMILES string of the molecule is CC(C)OC(=O)Cc1nc(CN2CCN(CC(=O)N3CCCC3)CC2)cs1. The second-order valence-corrected chi connectivity index (χ2v) is 8.53. The number of rotatable bonds is 7. The van der Waals surface area contributed by atoms with Gasteiger partial charge in [-0.05, 0) is 26.7 Å². The Kier molecular flexibility index (Phi) is 7.20. The van der Waals surface area contributed by atoms with E-state index in [1.54, 1.807) is 0 Å². The van der Waals surface area contributed by atoms with Crippen LogP contribution in [0.4, 0.5) is 0 Å². The van der Waals surface area contributed by atoms with Gasteiger partial charge in [-0.2, -0.15) is 0 Å². The number of aromatic nitrogens is 1. The number of carbonyl (C=O) groups is 2. The van der Waals surface area contributed by atoms with Crippen molar-refractivity contribution in [2.45, 2.75) is 45.8 Å². The van der Waals surface area contributed by atoms with E-state index in [9.17, 15) is 9.59 Å². The number of esters is 1. The first-order chi connectivity index (χ1) is 13.0. The van der Waals surface area contributed by atoms with E-state index in [1.165, 1.54) is 11.3 Å². The first-order valence-electron chi connectivity index (χ1n) is 9.85. The van der Waals surface area contributed by atoms with Gasteiger partial charge in [0.15, 0.2) is 0 Å². The van der Waals surface area contributed by atoms with Crippen molar-refractivity contribution in [3.8, 4) is 0 Å². The van der Waals surface area contributed by atoms with Gasteiger partial charge in [-0.3, -0.25) is 19.4 Å². The van der Waals surface area contributed by atoms with Crippen LogP contribution in [-0.4, -0.2) is 83.5 Å². The number of amides is 1. The van der Waals surface area contributed by atoms with Crippen LogP contribution in [0.5, 0.6) is 0 Å². The smallest absolute Gasteiger partial charge is 0.312 e. The molecule has 1 aromatic heterocycles. The van der Waals surface area contributed by atoms with Crippen molar-refractivity contribution < 1.29 is 14.3 Å². The lowest BCUT2D eigenvalue weighted by Gasteiger charge is -2.34. The van der Waals surface area contributed by atoms with Crippen LogP contribution in [0, 0.1) is 0 Å². The van der Waals surface area contributed by atoms with E-state index in [2.05, 4.69) is 14.8 Å². The summed E-state index contributed by atoms with van der Waals surface area (Å²) in [5.41, 5.74) is 1.01. The quantitative estimate of drug-likeness (QED) is 0.651. The highest BCUT2D eigenvalue weighted by molar-refractivity contribution is 7.09. The minimum Gasteiger partial charge on any atom is -0.463 e. The summed E-state index contributed by atoms with van der Waals surface area (Å²) in [4.78, 5) is 35.2. The molecular formula is C19H30N4O3S. The normalized spacial score (nSPS) is 19.0. The third-order valence-corrected chi connectivity index (χ3v) is 5.83. The fourth-order valence-electron chi connectivity index (χ4n) is 3.52. The van der Waals surface area contributed by atoms with Gasteiger partial charge in [-0.15, -0.1) is 11.3 Å². The summed E-state index contributed by atoms with van der Waals surface area (Å²) < 4.78 is 5.17. The van der Waals surface area contributed by atoms with Gasteiger partial charge in [0.2, 0.25) is 5.91 Å². The van der Waals surface area contributed by atoms with Crippen molar-refractivity contribution in [3.05, 3.63) is 16.1 Å². The lowest BCUT2D eigenvalue weighted by atomic mass is 10.3. The van der Waals surface area contributed by atoms with E-state index in [0.717, 1.165) is 69.4 Å². The van der Waals surface area contributed by atoms with E-state index in [0.29, 0.717) is 6.54 Å². The highest BCUT2D eigenvalue weighted by Crippen LogP contribution is 2.15. The van der Waals surface area contributed by atoms with Crippen molar-refractivity contribution in [2.24, 2.45) is 0 Å². The van der Waals surface area contributed by atoms with E-state index >= 15 is 0 Å². The molecule has 0 N–H and O–H groups in total. The molecule has 150 valence electrons. The highest BCUT2D eigenvalue weighted by atomic mass is 32.1. The maximum atomic E-state index is 12.3. The number of ether oxygens (including phenoxy) is 1. The number of hydrogen-bond acceptors (Lipinski definition) is 7. The Hall–Kier alpha value is -1.51. The molecule has 2 saturated heterocycles. The molecule has 1 aromatic rings. The Balaban J connectivity index is 1.39. The predicted molar refractivity (Wildman–Crippen MR) is 105 cm³/mol. The van der Waals surface area contributed by atoms with Crippen LogP contribution in [0.15, 0.2) is 5.38 Å². The van der Waals surface area contributed by atoms with E-state index in [1.807, 2.05) is 24.1 Å². The average molecular weight is 395 g/mol. The molecule has 0 radical (unpaired) electrons. The number of thiazole rings is 1. The van der Waals surface area contributed by atoms with Crippen LogP contribution >= 0.6 is 11.3 Å². The van der Waals surface area contributed by atoms with Gasteiger partial charge in [-0.1, -0.05) is 0 Å². The average Bonchev–Trinajstić information content (AvgIpc) is 3.28. The summed E-state index contributed by atoms with van der Waals surface area (Å²) in [6.07, 6.45) is 2.44. The Morgan fingerprint density at radius 1 is 1.11 bits per heavy atom. The molecule has 0 unspecified atom stereocenters. The van der Waals surface area contributed by atoms with E-state index in [-0.39, 0.29) is 24.4 Å². The fraction of sp³-hybridized carbons (Fsp3) is 0.737. The summed E-state index contributed by atoms with van der Waals surface area (Å²) in [5, 5.41) is 2.84. The molecule has 8 heteroatoms. The molecule has 7 nitrogen and oxygen atoms in total. The topological polar surface area (TPSA) is 66.0 Å². The Bertz CT molecular complexity index is 635. The molecule has 0 bridgehead atoms. The number of piperazine rings is 1.